The molecule has 1 aromatic heterocycles. The molecule has 0 amide bonds. The van der Waals surface area contributed by atoms with Gasteiger partial charge in [0.1, 0.15) is 0 Å². The third-order valence-corrected chi connectivity index (χ3v) is 3.09. The van der Waals surface area contributed by atoms with Gasteiger partial charge in [0.05, 0.1) is 29.8 Å². The molecule has 3 nitrogen and oxygen atoms in total. The third kappa shape index (κ3) is 4.00. The molecule has 1 heterocycles. The van der Waals surface area contributed by atoms with Crippen molar-refractivity contribution in [1.82, 2.24) is 4.98 Å². The summed E-state index contributed by atoms with van der Waals surface area (Å²) in [7, 11) is 0. The van der Waals surface area contributed by atoms with Crippen LogP contribution in [0.2, 0.25) is 0 Å². The molecule has 1 aromatic rings. The number of halogens is 6. The molecule has 0 unspecified atom stereocenters. The number of nitrogens with zero attached hydrogens (tertiary/aromatic N) is 1. The number of aromatic nitrogens is 1. The van der Waals surface area contributed by atoms with E-state index in [4.69, 9.17) is 0 Å². The van der Waals surface area contributed by atoms with Crippen molar-refractivity contribution < 1.29 is 31.5 Å². The maximum atomic E-state index is 12.9. The lowest BCUT2D eigenvalue weighted by molar-refractivity contribution is -0.143. The van der Waals surface area contributed by atoms with Gasteiger partial charge in [-0.1, -0.05) is 0 Å². The molecule has 0 aliphatic carbocycles. The lowest BCUT2D eigenvalue weighted by Crippen LogP contribution is -2.18. The van der Waals surface area contributed by atoms with E-state index < -0.39 is 45.4 Å². The van der Waals surface area contributed by atoms with Gasteiger partial charge in [0.15, 0.2) is 0 Å². The van der Waals surface area contributed by atoms with E-state index in [0.717, 1.165) is 6.20 Å². The molecular weight excluding hydrogens is 400 g/mol. The maximum Gasteiger partial charge on any atom is 0.418 e. The van der Waals surface area contributed by atoms with Crippen molar-refractivity contribution in [3.05, 3.63) is 26.6 Å². The number of carbonyl (C=O) groups excluding carboxylic acids is 1. The van der Waals surface area contributed by atoms with Crippen LogP contribution in [0.15, 0.2) is 6.20 Å². The van der Waals surface area contributed by atoms with Crippen LogP contribution < -0.4 is 0 Å². The zero-order chi connectivity index (χ0) is 15.5. The van der Waals surface area contributed by atoms with Crippen molar-refractivity contribution in [1.29, 1.82) is 0 Å². The summed E-state index contributed by atoms with van der Waals surface area (Å²) in [6, 6.07) is 0. The average Bonchev–Trinajstić information content (AvgIpc) is 2.29. The second-order valence-electron chi connectivity index (χ2n) is 3.62. The Balaban J connectivity index is 3.36. The number of pyridine rings is 1. The number of carbonyl (C=O) groups is 1. The summed E-state index contributed by atoms with van der Waals surface area (Å²) in [5.41, 5.74) is -3.34. The molecule has 0 radical (unpaired) electrons. The highest BCUT2D eigenvalue weighted by molar-refractivity contribution is 14.1. The van der Waals surface area contributed by atoms with Crippen molar-refractivity contribution in [3.8, 4) is 0 Å². The molecule has 0 fully saturated rings. The molecule has 0 saturated carbocycles. The minimum absolute atomic E-state index is 0.000654. The number of hydrogen-bond donors (Lipinski definition) is 0. The highest BCUT2D eigenvalue weighted by atomic mass is 127. The van der Waals surface area contributed by atoms with Crippen LogP contribution in [-0.2, 0) is 22.1 Å². The quantitative estimate of drug-likeness (QED) is 0.432. The fraction of sp³-hybridized carbons (Fsp3) is 0.455. The number of ether oxygens (including phenoxy) is 1. The summed E-state index contributed by atoms with van der Waals surface area (Å²) in [6.07, 6.45) is -8.26. The number of rotatable bonds is 4. The molecule has 0 aliphatic rings. The predicted molar refractivity (Wildman–Crippen MR) is 67.2 cm³/mol. The molecule has 112 valence electrons. The second-order valence-corrected chi connectivity index (χ2v) is 4.78. The van der Waals surface area contributed by atoms with Crippen LogP contribution in [0.3, 0.4) is 0 Å². The smallest absolute Gasteiger partial charge is 0.418 e. The first-order valence-electron chi connectivity index (χ1n) is 5.36. The van der Waals surface area contributed by atoms with Crippen LogP contribution in [-0.4, -0.2) is 17.6 Å². The number of hydrogen-bond acceptors (Lipinski definition) is 3. The first-order chi connectivity index (χ1) is 9.18. The van der Waals surface area contributed by atoms with Gasteiger partial charge >= 0.3 is 12.1 Å². The van der Waals surface area contributed by atoms with Gasteiger partial charge in [-0.15, -0.1) is 0 Å². The van der Waals surface area contributed by atoms with E-state index in [-0.39, 0.29) is 6.61 Å². The van der Waals surface area contributed by atoms with Crippen LogP contribution in [0.5, 0.6) is 0 Å². The van der Waals surface area contributed by atoms with Crippen molar-refractivity contribution in [2.24, 2.45) is 0 Å². The molecule has 0 N–H and O–H groups in total. The molecule has 0 saturated heterocycles. The van der Waals surface area contributed by atoms with Crippen molar-refractivity contribution >= 4 is 28.6 Å². The van der Waals surface area contributed by atoms with Crippen molar-refractivity contribution in [2.45, 2.75) is 25.9 Å². The Morgan fingerprint density at radius 3 is 2.50 bits per heavy atom. The third-order valence-electron chi connectivity index (χ3n) is 2.27. The Labute approximate surface area is 124 Å². The average molecular weight is 409 g/mol. The molecule has 0 atom stereocenters. The molecular formula is C11H9F5INO2. The Morgan fingerprint density at radius 2 is 2.05 bits per heavy atom. The monoisotopic (exact) mass is 409 g/mol. The summed E-state index contributed by atoms with van der Waals surface area (Å²) in [5, 5.41) is 0. The Bertz CT molecular complexity index is 504. The first kappa shape index (κ1) is 17.1. The van der Waals surface area contributed by atoms with Gasteiger partial charge in [-0.2, -0.15) is 13.2 Å². The standard InChI is InChI=1S/C11H9F5INO2/c1-2-20-7(19)3-6-8(10(12)13)9(11(14,15)16)5(17)4-18-6/h4,10H,2-3H2,1H3. The van der Waals surface area contributed by atoms with E-state index in [0.29, 0.717) is 0 Å². The number of alkyl halides is 5. The lowest BCUT2D eigenvalue weighted by atomic mass is 10.0. The van der Waals surface area contributed by atoms with Gasteiger partial charge in [0, 0.05) is 9.77 Å². The van der Waals surface area contributed by atoms with Gasteiger partial charge in [0.25, 0.3) is 6.43 Å². The molecule has 0 aliphatic heterocycles. The van der Waals surface area contributed by atoms with Gasteiger partial charge < -0.3 is 4.74 Å². The van der Waals surface area contributed by atoms with E-state index in [1.54, 1.807) is 0 Å². The van der Waals surface area contributed by atoms with Gasteiger partial charge in [-0.05, 0) is 29.5 Å². The fourth-order valence-corrected chi connectivity index (χ4v) is 2.29. The van der Waals surface area contributed by atoms with E-state index in [2.05, 4.69) is 9.72 Å². The Kier molecular flexibility index (Phi) is 5.66. The largest absolute Gasteiger partial charge is 0.466 e. The van der Waals surface area contributed by atoms with Crippen molar-refractivity contribution in [3.63, 3.8) is 0 Å². The highest BCUT2D eigenvalue weighted by Gasteiger charge is 2.40. The van der Waals surface area contributed by atoms with Crippen LogP contribution in [0.4, 0.5) is 22.0 Å². The van der Waals surface area contributed by atoms with Crippen molar-refractivity contribution in [2.75, 3.05) is 6.61 Å². The normalized spacial score (nSPS) is 11.8. The minimum Gasteiger partial charge on any atom is -0.466 e. The fourth-order valence-electron chi connectivity index (χ4n) is 1.55. The molecule has 0 aromatic carbocycles. The highest BCUT2D eigenvalue weighted by Crippen LogP contribution is 2.40. The molecule has 0 spiro atoms. The molecule has 20 heavy (non-hydrogen) atoms. The number of esters is 1. The van der Waals surface area contributed by atoms with Gasteiger partial charge in [-0.3, -0.25) is 9.78 Å². The van der Waals surface area contributed by atoms with Gasteiger partial charge in [0.2, 0.25) is 0 Å². The summed E-state index contributed by atoms with van der Waals surface area (Å²) in [6.45, 7) is 1.49. The summed E-state index contributed by atoms with van der Waals surface area (Å²) in [4.78, 5) is 14.8. The molecule has 1 rings (SSSR count). The van der Waals surface area contributed by atoms with E-state index in [1.807, 2.05) is 0 Å². The second kappa shape index (κ2) is 6.64. The Hall–Kier alpha value is -1.00. The zero-order valence-corrected chi connectivity index (χ0v) is 12.3. The van der Waals surface area contributed by atoms with Crippen LogP contribution in [0.1, 0.15) is 30.2 Å². The van der Waals surface area contributed by atoms with E-state index in [1.165, 1.54) is 29.5 Å². The predicted octanol–water partition coefficient (Wildman–Crippen LogP) is 3.75. The Morgan fingerprint density at radius 1 is 1.45 bits per heavy atom. The lowest BCUT2D eigenvalue weighted by Gasteiger charge is -2.17. The van der Waals surface area contributed by atoms with Crippen LogP contribution >= 0.6 is 22.6 Å². The first-order valence-corrected chi connectivity index (χ1v) is 6.44. The summed E-state index contributed by atoms with van der Waals surface area (Å²) >= 11 is 1.28. The van der Waals surface area contributed by atoms with Crippen LogP contribution in [0, 0.1) is 3.57 Å². The SMILES string of the molecule is CCOC(=O)Cc1ncc(I)c(C(F)(F)F)c1C(F)F. The maximum absolute atomic E-state index is 12.9. The topological polar surface area (TPSA) is 39.2 Å². The molecule has 0 bridgehead atoms. The summed E-state index contributed by atoms with van der Waals surface area (Å²) in [5.74, 6) is -0.906. The molecule has 9 heteroatoms. The van der Waals surface area contributed by atoms with E-state index in [9.17, 15) is 26.7 Å². The minimum atomic E-state index is -4.95. The zero-order valence-electron chi connectivity index (χ0n) is 10.1. The summed E-state index contributed by atoms with van der Waals surface area (Å²) < 4.78 is 68.5. The van der Waals surface area contributed by atoms with Gasteiger partial charge in [-0.25, -0.2) is 8.78 Å². The van der Waals surface area contributed by atoms with E-state index >= 15 is 0 Å². The van der Waals surface area contributed by atoms with Crippen LogP contribution in [0.25, 0.3) is 0 Å².